The number of piperazine rings is 1. The zero-order chi connectivity index (χ0) is 14.7. The lowest BCUT2D eigenvalue weighted by Gasteiger charge is -2.40. The number of nitrogens with one attached hydrogen (secondary N) is 1. The van der Waals surface area contributed by atoms with Crippen LogP contribution < -0.4 is 5.32 Å². The van der Waals surface area contributed by atoms with E-state index in [2.05, 4.69) is 53.2 Å². The third-order valence-electron chi connectivity index (χ3n) is 5.31. The molecule has 21 heavy (non-hydrogen) atoms. The summed E-state index contributed by atoms with van der Waals surface area (Å²) in [6, 6.07) is 9.59. The maximum absolute atomic E-state index is 3.53. The van der Waals surface area contributed by atoms with Crippen LogP contribution in [0.1, 0.15) is 38.2 Å². The Hall–Kier alpha value is -1.06. The largest absolute Gasteiger partial charge is 0.385 e. The van der Waals surface area contributed by atoms with Crippen molar-refractivity contribution in [2.24, 2.45) is 0 Å². The summed E-state index contributed by atoms with van der Waals surface area (Å²) in [7, 11) is 0. The molecule has 0 aliphatic carbocycles. The molecular weight excluding hydrogens is 258 g/mol. The summed E-state index contributed by atoms with van der Waals surface area (Å²) in [5.74, 6) is 0.706. The zero-order valence-electron chi connectivity index (χ0n) is 13.5. The van der Waals surface area contributed by atoms with E-state index in [1.165, 1.54) is 56.8 Å². The van der Waals surface area contributed by atoms with Gasteiger partial charge in [-0.05, 0) is 31.4 Å². The molecule has 2 unspecified atom stereocenters. The molecule has 3 nitrogen and oxygen atoms in total. The van der Waals surface area contributed by atoms with Gasteiger partial charge in [-0.1, -0.05) is 25.1 Å². The van der Waals surface area contributed by atoms with Gasteiger partial charge >= 0.3 is 0 Å². The number of hydrogen-bond donors (Lipinski definition) is 1. The van der Waals surface area contributed by atoms with Crippen molar-refractivity contribution in [2.75, 3.05) is 44.6 Å². The smallest absolute Gasteiger partial charge is 0.0376 e. The molecule has 2 aliphatic rings. The van der Waals surface area contributed by atoms with Gasteiger partial charge in [-0.3, -0.25) is 4.90 Å². The molecule has 0 radical (unpaired) electrons. The van der Waals surface area contributed by atoms with Gasteiger partial charge in [0.25, 0.3) is 0 Å². The van der Waals surface area contributed by atoms with Gasteiger partial charge in [-0.15, -0.1) is 0 Å². The van der Waals surface area contributed by atoms with E-state index in [0.29, 0.717) is 5.92 Å². The topological polar surface area (TPSA) is 18.5 Å². The Kier molecular flexibility index (Phi) is 4.81. The highest BCUT2D eigenvalue weighted by molar-refractivity contribution is 5.54. The first-order valence-corrected chi connectivity index (χ1v) is 8.57. The summed E-state index contributed by atoms with van der Waals surface area (Å²) in [5.41, 5.74) is 2.88. The second-order valence-corrected chi connectivity index (χ2v) is 6.59. The normalized spacial score (nSPS) is 25.1. The highest BCUT2D eigenvalue weighted by atomic mass is 15.3. The van der Waals surface area contributed by atoms with Crippen molar-refractivity contribution in [1.29, 1.82) is 0 Å². The zero-order valence-corrected chi connectivity index (χ0v) is 13.5. The molecule has 0 saturated carbocycles. The average molecular weight is 287 g/mol. The summed E-state index contributed by atoms with van der Waals surface area (Å²) in [6.07, 6.45) is 2.53. The van der Waals surface area contributed by atoms with Crippen LogP contribution in [-0.4, -0.2) is 55.1 Å². The Morgan fingerprint density at radius 1 is 1.19 bits per heavy atom. The number of para-hydroxylation sites is 1. The highest BCUT2D eigenvalue weighted by Gasteiger charge is 2.25. The first kappa shape index (κ1) is 14.9. The van der Waals surface area contributed by atoms with Crippen LogP contribution in [0.15, 0.2) is 24.3 Å². The molecule has 2 atom stereocenters. The van der Waals surface area contributed by atoms with E-state index in [9.17, 15) is 0 Å². The fourth-order valence-electron chi connectivity index (χ4n) is 3.70. The van der Waals surface area contributed by atoms with Crippen LogP contribution in [0, 0.1) is 0 Å². The fraction of sp³-hybridized carbons (Fsp3) is 0.667. The number of rotatable bonds is 4. The molecule has 1 fully saturated rings. The van der Waals surface area contributed by atoms with E-state index in [4.69, 9.17) is 0 Å². The molecule has 0 bridgehead atoms. The van der Waals surface area contributed by atoms with Gasteiger partial charge in [0.15, 0.2) is 0 Å². The van der Waals surface area contributed by atoms with E-state index in [-0.39, 0.29) is 0 Å². The SMILES string of the molecule is CCC(C)N1CCN(CC2CCNc3ccccc32)CC1. The number of fused-ring (bicyclic) bond motifs is 1. The minimum Gasteiger partial charge on any atom is -0.385 e. The van der Waals surface area contributed by atoms with Gasteiger partial charge in [0, 0.05) is 56.9 Å². The van der Waals surface area contributed by atoms with Crippen LogP contribution in [0.3, 0.4) is 0 Å². The third-order valence-corrected chi connectivity index (χ3v) is 5.31. The molecule has 2 heterocycles. The summed E-state index contributed by atoms with van der Waals surface area (Å²) in [5, 5.41) is 3.53. The maximum atomic E-state index is 3.53. The Morgan fingerprint density at radius 3 is 2.71 bits per heavy atom. The summed E-state index contributed by atoms with van der Waals surface area (Å²) >= 11 is 0. The monoisotopic (exact) mass is 287 g/mol. The van der Waals surface area contributed by atoms with Crippen LogP contribution in [0.2, 0.25) is 0 Å². The number of benzene rings is 1. The average Bonchev–Trinajstić information content (AvgIpc) is 2.55. The maximum Gasteiger partial charge on any atom is 0.0376 e. The van der Waals surface area contributed by atoms with E-state index < -0.39 is 0 Å². The molecule has 3 rings (SSSR count). The van der Waals surface area contributed by atoms with Crippen molar-refractivity contribution in [3.63, 3.8) is 0 Å². The Morgan fingerprint density at radius 2 is 1.95 bits per heavy atom. The molecule has 3 heteroatoms. The molecule has 116 valence electrons. The van der Waals surface area contributed by atoms with Crippen LogP contribution >= 0.6 is 0 Å². The molecule has 2 aliphatic heterocycles. The van der Waals surface area contributed by atoms with E-state index in [0.717, 1.165) is 12.6 Å². The number of hydrogen-bond acceptors (Lipinski definition) is 3. The number of nitrogens with zero attached hydrogens (tertiary/aromatic N) is 2. The van der Waals surface area contributed by atoms with Crippen LogP contribution in [0.4, 0.5) is 5.69 Å². The van der Waals surface area contributed by atoms with Gasteiger partial charge in [-0.2, -0.15) is 0 Å². The van der Waals surface area contributed by atoms with Crippen molar-refractivity contribution in [3.05, 3.63) is 29.8 Å². The van der Waals surface area contributed by atoms with Crippen molar-refractivity contribution >= 4 is 5.69 Å². The fourth-order valence-corrected chi connectivity index (χ4v) is 3.70. The van der Waals surface area contributed by atoms with Gasteiger partial charge in [0.1, 0.15) is 0 Å². The molecule has 0 spiro atoms. The van der Waals surface area contributed by atoms with Gasteiger partial charge in [0.2, 0.25) is 0 Å². The Labute approximate surface area is 129 Å². The van der Waals surface area contributed by atoms with E-state index in [1.807, 2.05) is 0 Å². The van der Waals surface area contributed by atoms with Crippen LogP contribution in [0.5, 0.6) is 0 Å². The minimum atomic E-state index is 0.706. The van der Waals surface area contributed by atoms with Crippen molar-refractivity contribution in [1.82, 2.24) is 9.80 Å². The molecule has 0 amide bonds. The lowest BCUT2D eigenvalue weighted by molar-refractivity contribution is 0.0958. The van der Waals surface area contributed by atoms with Crippen LogP contribution in [0.25, 0.3) is 0 Å². The van der Waals surface area contributed by atoms with E-state index >= 15 is 0 Å². The second-order valence-electron chi connectivity index (χ2n) is 6.59. The lowest BCUT2D eigenvalue weighted by Crippen LogP contribution is -2.50. The van der Waals surface area contributed by atoms with E-state index in [1.54, 1.807) is 0 Å². The van der Waals surface area contributed by atoms with Crippen molar-refractivity contribution < 1.29 is 0 Å². The predicted octanol–water partition coefficient (Wildman–Crippen LogP) is 3.00. The summed E-state index contributed by atoms with van der Waals surface area (Å²) in [4.78, 5) is 5.32. The summed E-state index contributed by atoms with van der Waals surface area (Å²) < 4.78 is 0. The van der Waals surface area contributed by atoms with Gasteiger partial charge in [0.05, 0.1) is 0 Å². The quantitative estimate of drug-likeness (QED) is 0.918. The molecule has 1 saturated heterocycles. The lowest BCUT2D eigenvalue weighted by atomic mass is 9.90. The standard InChI is InChI=1S/C18H29N3/c1-3-15(2)21-12-10-20(11-13-21)14-16-8-9-19-18-7-5-4-6-17(16)18/h4-7,15-16,19H,3,8-14H2,1-2H3. The van der Waals surface area contributed by atoms with Crippen molar-refractivity contribution in [3.8, 4) is 0 Å². The molecule has 0 aromatic heterocycles. The Balaban J connectivity index is 1.57. The Bertz CT molecular complexity index is 452. The summed E-state index contributed by atoms with van der Waals surface area (Å²) in [6.45, 7) is 11.9. The van der Waals surface area contributed by atoms with Crippen LogP contribution in [-0.2, 0) is 0 Å². The van der Waals surface area contributed by atoms with Crippen molar-refractivity contribution in [2.45, 2.75) is 38.6 Å². The van der Waals surface area contributed by atoms with Gasteiger partial charge in [-0.25, -0.2) is 0 Å². The third kappa shape index (κ3) is 3.41. The first-order valence-electron chi connectivity index (χ1n) is 8.57. The molecule has 1 aromatic carbocycles. The first-order chi connectivity index (χ1) is 10.3. The molecular formula is C18H29N3. The number of anilines is 1. The molecule has 1 aromatic rings. The predicted molar refractivity (Wildman–Crippen MR) is 90.1 cm³/mol. The minimum absolute atomic E-state index is 0.706. The second kappa shape index (κ2) is 6.80. The van der Waals surface area contributed by atoms with Gasteiger partial charge < -0.3 is 10.2 Å². The molecule has 1 N–H and O–H groups in total. The highest BCUT2D eigenvalue weighted by Crippen LogP contribution is 2.32.